The molecule has 4 rings (SSSR count). The summed E-state index contributed by atoms with van der Waals surface area (Å²) in [5.74, 6) is -1.55. The standard InChI is InChI=1S/C25H18ClF3N2O2S/c1-14-6-9-18(10-7-14)34-22-21(30-17-5-3-4-15(2)12-17)23(32)31(24(22)33)20-13-16(25(27,28)29)8-11-19(20)26/h3-13,30H,1-2H3. The molecule has 0 atom stereocenters. The van der Waals surface area contributed by atoms with Crippen LogP contribution in [0, 0.1) is 13.8 Å². The number of rotatable bonds is 5. The van der Waals surface area contributed by atoms with E-state index in [0.29, 0.717) is 21.5 Å². The molecule has 0 aromatic heterocycles. The number of alkyl halides is 3. The molecule has 4 nitrogen and oxygen atoms in total. The molecule has 9 heteroatoms. The molecular weight excluding hydrogens is 485 g/mol. The smallest absolute Gasteiger partial charge is 0.350 e. The second kappa shape index (κ2) is 9.19. The normalized spacial score (nSPS) is 14.2. The number of hydrogen-bond donors (Lipinski definition) is 1. The fourth-order valence-electron chi connectivity index (χ4n) is 3.39. The van der Waals surface area contributed by atoms with Crippen molar-refractivity contribution in [3.8, 4) is 0 Å². The molecule has 1 N–H and O–H groups in total. The van der Waals surface area contributed by atoms with E-state index in [-0.39, 0.29) is 21.3 Å². The maximum Gasteiger partial charge on any atom is 0.416 e. The molecule has 1 heterocycles. The fraction of sp³-hybridized carbons (Fsp3) is 0.120. The van der Waals surface area contributed by atoms with Gasteiger partial charge in [0.2, 0.25) is 0 Å². The molecule has 1 aliphatic heterocycles. The minimum Gasteiger partial charge on any atom is -0.350 e. The summed E-state index contributed by atoms with van der Waals surface area (Å²) in [5, 5.41) is 2.84. The molecule has 0 saturated carbocycles. The Morgan fingerprint density at radius 1 is 0.882 bits per heavy atom. The van der Waals surface area contributed by atoms with Crippen LogP contribution in [-0.2, 0) is 15.8 Å². The van der Waals surface area contributed by atoms with Crippen LogP contribution in [-0.4, -0.2) is 11.8 Å². The van der Waals surface area contributed by atoms with E-state index in [9.17, 15) is 22.8 Å². The zero-order valence-corrected chi connectivity index (χ0v) is 19.6. The second-order valence-electron chi connectivity index (χ2n) is 7.72. The van der Waals surface area contributed by atoms with Crippen molar-refractivity contribution in [2.45, 2.75) is 24.9 Å². The Morgan fingerprint density at radius 2 is 1.59 bits per heavy atom. The number of aryl methyl sites for hydroxylation is 2. The second-order valence-corrected chi connectivity index (χ2v) is 9.21. The summed E-state index contributed by atoms with van der Waals surface area (Å²) < 4.78 is 40.0. The van der Waals surface area contributed by atoms with E-state index in [0.717, 1.165) is 35.0 Å². The highest BCUT2D eigenvalue weighted by Crippen LogP contribution is 2.42. The summed E-state index contributed by atoms with van der Waals surface area (Å²) in [5.41, 5.74) is 1.13. The Labute approximate surface area is 203 Å². The highest BCUT2D eigenvalue weighted by atomic mass is 35.5. The van der Waals surface area contributed by atoms with Gasteiger partial charge in [-0.15, -0.1) is 0 Å². The van der Waals surface area contributed by atoms with Crippen LogP contribution in [0.5, 0.6) is 0 Å². The molecule has 3 aromatic carbocycles. The predicted molar refractivity (Wildman–Crippen MR) is 128 cm³/mol. The van der Waals surface area contributed by atoms with Crippen LogP contribution < -0.4 is 10.2 Å². The SMILES string of the molecule is Cc1ccc(SC2=C(Nc3cccc(C)c3)C(=O)N(c3cc(C(F)(F)F)ccc3Cl)C2=O)cc1. The van der Waals surface area contributed by atoms with Gasteiger partial charge in [-0.25, -0.2) is 4.90 Å². The van der Waals surface area contributed by atoms with Crippen LogP contribution in [0.4, 0.5) is 24.5 Å². The van der Waals surface area contributed by atoms with E-state index in [1.807, 2.05) is 32.0 Å². The van der Waals surface area contributed by atoms with Gasteiger partial charge in [0.15, 0.2) is 0 Å². The first-order valence-corrected chi connectivity index (χ1v) is 11.3. The average Bonchev–Trinajstić information content (AvgIpc) is 2.99. The number of amides is 2. The number of halogens is 4. The van der Waals surface area contributed by atoms with Gasteiger partial charge in [-0.05, 0) is 61.9 Å². The Bertz CT molecular complexity index is 1320. The van der Waals surface area contributed by atoms with Crippen LogP contribution in [0.1, 0.15) is 16.7 Å². The van der Waals surface area contributed by atoms with Gasteiger partial charge in [-0.3, -0.25) is 9.59 Å². The van der Waals surface area contributed by atoms with Crippen LogP contribution >= 0.6 is 23.4 Å². The first-order valence-electron chi connectivity index (χ1n) is 10.1. The summed E-state index contributed by atoms with van der Waals surface area (Å²) in [6, 6.07) is 17.0. The van der Waals surface area contributed by atoms with Crippen molar-refractivity contribution in [3.63, 3.8) is 0 Å². The number of carbonyl (C=O) groups excluding carboxylic acids is 2. The lowest BCUT2D eigenvalue weighted by atomic mass is 10.2. The van der Waals surface area contributed by atoms with Gasteiger partial charge in [-0.2, -0.15) is 13.2 Å². The number of carbonyl (C=O) groups is 2. The van der Waals surface area contributed by atoms with Gasteiger partial charge in [0, 0.05) is 10.6 Å². The number of nitrogens with zero attached hydrogens (tertiary/aromatic N) is 1. The molecule has 0 radical (unpaired) electrons. The van der Waals surface area contributed by atoms with Gasteiger partial charge in [0.25, 0.3) is 11.8 Å². The van der Waals surface area contributed by atoms with Crippen LogP contribution in [0.25, 0.3) is 0 Å². The van der Waals surface area contributed by atoms with Gasteiger partial charge in [0.1, 0.15) is 10.6 Å². The molecule has 0 aliphatic carbocycles. The average molecular weight is 503 g/mol. The van der Waals surface area contributed by atoms with Crippen LogP contribution in [0.3, 0.4) is 0 Å². The van der Waals surface area contributed by atoms with Crippen molar-refractivity contribution in [1.82, 2.24) is 0 Å². The van der Waals surface area contributed by atoms with Gasteiger partial charge in [0.05, 0.1) is 16.3 Å². The molecule has 0 spiro atoms. The van der Waals surface area contributed by atoms with E-state index >= 15 is 0 Å². The van der Waals surface area contributed by atoms with Crippen molar-refractivity contribution in [3.05, 3.63) is 99.0 Å². The number of nitrogens with one attached hydrogen (secondary N) is 1. The van der Waals surface area contributed by atoms with Gasteiger partial charge < -0.3 is 5.32 Å². The third-order valence-corrected chi connectivity index (χ3v) is 6.49. The lowest BCUT2D eigenvalue weighted by molar-refractivity contribution is -0.137. The van der Waals surface area contributed by atoms with Crippen molar-refractivity contribution >= 4 is 46.6 Å². The lowest BCUT2D eigenvalue weighted by Crippen LogP contribution is -2.33. The van der Waals surface area contributed by atoms with Crippen molar-refractivity contribution in [2.24, 2.45) is 0 Å². The van der Waals surface area contributed by atoms with E-state index in [2.05, 4.69) is 5.32 Å². The minimum atomic E-state index is -4.67. The first kappa shape index (κ1) is 23.9. The Hall–Kier alpha value is -3.23. The number of thioether (sulfide) groups is 1. The highest BCUT2D eigenvalue weighted by molar-refractivity contribution is 8.04. The highest BCUT2D eigenvalue weighted by Gasteiger charge is 2.42. The van der Waals surface area contributed by atoms with Gasteiger partial charge >= 0.3 is 6.18 Å². The Morgan fingerprint density at radius 3 is 2.24 bits per heavy atom. The van der Waals surface area contributed by atoms with E-state index in [1.54, 1.807) is 30.3 Å². The number of anilines is 2. The zero-order chi connectivity index (χ0) is 24.6. The van der Waals surface area contributed by atoms with Crippen molar-refractivity contribution in [1.29, 1.82) is 0 Å². The Kier molecular flexibility index (Phi) is 6.47. The third kappa shape index (κ3) is 4.83. The van der Waals surface area contributed by atoms with Crippen LogP contribution in [0.2, 0.25) is 5.02 Å². The zero-order valence-electron chi connectivity index (χ0n) is 18.0. The van der Waals surface area contributed by atoms with Gasteiger partial charge in [-0.1, -0.05) is 53.2 Å². The van der Waals surface area contributed by atoms with Crippen LogP contribution in [0.15, 0.2) is 82.2 Å². The number of hydrogen-bond acceptors (Lipinski definition) is 4. The predicted octanol–water partition coefficient (Wildman–Crippen LogP) is 6.96. The summed E-state index contributed by atoms with van der Waals surface area (Å²) in [7, 11) is 0. The molecule has 0 unspecified atom stereocenters. The molecule has 0 fully saturated rings. The topological polar surface area (TPSA) is 49.4 Å². The monoisotopic (exact) mass is 502 g/mol. The number of imide groups is 1. The molecule has 2 amide bonds. The molecule has 0 bridgehead atoms. The molecule has 3 aromatic rings. The maximum atomic E-state index is 13.4. The van der Waals surface area contributed by atoms with Crippen molar-refractivity contribution < 1.29 is 22.8 Å². The summed E-state index contributed by atoms with van der Waals surface area (Å²) in [4.78, 5) is 28.3. The molecular formula is C25H18ClF3N2O2S. The maximum absolute atomic E-state index is 13.4. The lowest BCUT2D eigenvalue weighted by Gasteiger charge is -2.18. The van der Waals surface area contributed by atoms with E-state index < -0.39 is 23.6 Å². The largest absolute Gasteiger partial charge is 0.416 e. The first-order chi connectivity index (χ1) is 16.0. The van der Waals surface area contributed by atoms with Crippen molar-refractivity contribution in [2.75, 3.05) is 10.2 Å². The molecule has 1 aliphatic rings. The van der Waals surface area contributed by atoms with E-state index in [4.69, 9.17) is 11.6 Å². The third-order valence-electron chi connectivity index (χ3n) is 5.08. The van der Waals surface area contributed by atoms with E-state index in [1.165, 1.54) is 0 Å². The minimum absolute atomic E-state index is 0.0327. The summed E-state index contributed by atoms with van der Waals surface area (Å²) in [6.07, 6.45) is -4.67. The quantitative estimate of drug-likeness (QED) is 0.383. The molecule has 34 heavy (non-hydrogen) atoms. The fourth-order valence-corrected chi connectivity index (χ4v) is 4.51. The Balaban J connectivity index is 1.79. The number of benzene rings is 3. The molecule has 174 valence electrons. The summed E-state index contributed by atoms with van der Waals surface area (Å²) >= 11 is 7.21. The molecule has 0 saturated heterocycles. The summed E-state index contributed by atoms with van der Waals surface area (Å²) in [6.45, 7) is 3.79.